The Balaban J connectivity index is 2.46. The van der Waals surface area contributed by atoms with Gasteiger partial charge in [-0.15, -0.1) is 0 Å². The number of nitrogens with two attached hydrogens (primary N) is 1. The molecule has 100 valence electrons. The van der Waals surface area contributed by atoms with Crippen LogP contribution < -0.4 is 5.73 Å². The Morgan fingerprint density at radius 3 is 2.47 bits per heavy atom. The van der Waals surface area contributed by atoms with E-state index in [9.17, 15) is 4.39 Å². The van der Waals surface area contributed by atoms with Gasteiger partial charge >= 0.3 is 0 Å². The Kier molecular flexibility index (Phi) is 4.66. The van der Waals surface area contributed by atoms with Crippen LogP contribution in [0.5, 0.6) is 0 Å². The third kappa shape index (κ3) is 3.19. The quantitative estimate of drug-likeness (QED) is 0.667. The zero-order chi connectivity index (χ0) is 14.2. The van der Waals surface area contributed by atoms with Crippen molar-refractivity contribution < 1.29 is 4.39 Å². The van der Waals surface area contributed by atoms with Gasteiger partial charge in [0.05, 0.1) is 11.1 Å². The lowest BCUT2D eigenvalue weighted by atomic mass is 9.98. The summed E-state index contributed by atoms with van der Waals surface area (Å²) in [6, 6.07) is 8.07. The molecule has 19 heavy (non-hydrogen) atoms. The first-order valence-electron chi connectivity index (χ1n) is 5.56. The second-order valence-corrected chi connectivity index (χ2v) is 6.39. The van der Waals surface area contributed by atoms with Crippen molar-refractivity contribution in [1.29, 1.82) is 0 Å². The molecule has 0 amide bonds. The second-order valence-electron chi connectivity index (χ2n) is 4.27. The lowest BCUT2D eigenvalue weighted by Crippen LogP contribution is -2.14. The minimum Gasteiger partial charge on any atom is -0.320 e. The second kappa shape index (κ2) is 5.92. The van der Waals surface area contributed by atoms with Gasteiger partial charge < -0.3 is 5.73 Å². The molecule has 2 rings (SSSR count). The highest BCUT2D eigenvalue weighted by Crippen LogP contribution is 2.31. The van der Waals surface area contributed by atoms with Crippen LogP contribution in [0.2, 0.25) is 5.02 Å². The number of halogens is 4. The minimum atomic E-state index is -0.553. The SMILES string of the molecule is Cc1ccc(C(N)c2cc(Cl)c(Br)cc2F)cc1Br. The van der Waals surface area contributed by atoms with E-state index in [4.69, 9.17) is 17.3 Å². The van der Waals surface area contributed by atoms with Gasteiger partial charge in [-0.3, -0.25) is 0 Å². The predicted octanol–water partition coefficient (Wildman–Crippen LogP) is 5.36. The van der Waals surface area contributed by atoms with E-state index in [0.29, 0.717) is 15.1 Å². The Hall–Kier alpha value is -0.420. The van der Waals surface area contributed by atoms with Crippen LogP contribution in [0.1, 0.15) is 22.7 Å². The molecule has 1 unspecified atom stereocenters. The van der Waals surface area contributed by atoms with Crippen LogP contribution >= 0.6 is 43.5 Å². The van der Waals surface area contributed by atoms with Crippen molar-refractivity contribution in [2.45, 2.75) is 13.0 Å². The van der Waals surface area contributed by atoms with Crippen molar-refractivity contribution in [2.75, 3.05) is 0 Å². The molecular weight excluding hydrogens is 396 g/mol. The summed E-state index contributed by atoms with van der Waals surface area (Å²) in [5, 5.41) is 0.443. The van der Waals surface area contributed by atoms with Crippen LogP contribution in [-0.2, 0) is 0 Å². The molecule has 0 aliphatic rings. The molecule has 2 aromatic rings. The first kappa shape index (κ1) is 15.0. The van der Waals surface area contributed by atoms with Gasteiger partial charge in [-0.25, -0.2) is 4.39 Å². The largest absolute Gasteiger partial charge is 0.320 e. The lowest BCUT2D eigenvalue weighted by Gasteiger charge is -2.15. The van der Waals surface area contributed by atoms with Gasteiger partial charge in [0.1, 0.15) is 5.82 Å². The summed E-state index contributed by atoms with van der Waals surface area (Å²) in [6.45, 7) is 1.98. The van der Waals surface area contributed by atoms with E-state index in [2.05, 4.69) is 31.9 Å². The van der Waals surface area contributed by atoms with Crippen LogP contribution in [0, 0.1) is 12.7 Å². The van der Waals surface area contributed by atoms with Gasteiger partial charge in [-0.1, -0.05) is 39.7 Å². The molecule has 0 aliphatic carbocycles. The number of hydrogen-bond acceptors (Lipinski definition) is 1. The molecule has 2 aromatic carbocycles. The van der Waals surface area contributed by atoms with Crippen LogP contribution in [0.15, 0.2) is 39.3 Å². The van der Waals surface area contributed by atoms with Crippen molar-refractivity contribution >= 4 is 43.5 Å². The molecule has 0 saturated heterocycles. The normalized spacial score (nSPS) is 12.5. The van der Waals surface area contributed by atoms with E-state index in [1.807, 2.05) is 25.1 Å². The molecule has 0 fully saturated rings. The van der Waals surface area contributed by atoms with E-state index in [1.165, 1.54) is 6.07 Å². The number of rotatable bonds is 2. The molecule has 5 heteroatoms. The van der Waals surface area contributed by atoms with Gasteiger partial charge in [0, 0.05) is 14.5 Å². The number of hydrogen-bond donors (Lipinski definition) is 1. The van der Waals surface area contributed by atoms with Crippen LogP contribution in [0.25, 0.3) is 0 Å². The van der Waals surface area contributed by atoms with Crippen molar-refractivity contribution in [1.82, 2.24) is 0 Å². The molecule has 2 N–H and O–H groups in total. The summed E-state index contributed by atoms with van der Waals surface area (Å²) in [5.41, 5.74) is 8.43. The standard InChI is InChI=1S/C14H11Br2ClFN/c1-7-2-3-8(4-10(7)15)14(19)9-5-12(17)11(16)6-13(9)18/h2-6,14H,19H2,1H3. The zero-order valence-corrected chi connectivity index (χ0v) is 14.0. The number of benzene rings is 2. The smallest absolute Gasteiger partial charge is 0.129 e. The fraction of sp³-hybridized carbons (Fsp3) is 0.143. The molecular formula is C14H11Br2ClFN. The minimum absolute atomic E-state index is 0.375. The third-order valence-electron chi connectivity index (χ3n) is 2.93. The van der Waals surface area contributed by atoms with Crippen molar-refractivity contribution in [3.63, 3.8) is 0 Å². The Morgan fingerprint density at radius 1 is 1.16 bits per heavy atom. The third-order valence-corrected chi connectivity index (χ3v) is 4.98. The molecule has 1 nitrogen and oxygen atoms in total. The summed E-state index contributed by atoms with van der Waals surface area (Å²) >= 11 is 12.6. The van der Waals surface area contributed by atoms with E-state index in [0.717, 1.165) is 15.6 Å². The monoisotopic (exact) mass is 405 g/mol. The Morgan fingerprint density at radius 2 is 1.84 bits per heavy atom. The maximum atomic E-state index is 14.0. The van der Waals surface area contributed by atoms with Gasteiger partial charge in [0.15, 0.2) is 0 Å². The highest BCUT2D eigenvalue weighted by molar-refractivity contribution is 9.10. The zero-order valence-electron chi connectivity index (χ0n) is 10.1. The fourth-order valence-electron chi connectivity index (χ4n) is 1.76. The summed E-state index contributed by atoms with van der Waals surface area (Å²) in [5.74, 6) is -0.375. The van der Waals surface area contributed by atoms with Crippen LogP contribution in [0.4, 0.5) is 4.39 Å². The van der Waals surface area contributed by atoms with E-state index >= 15 is 0 Å². The Bertz CT molecular complexity index is 631. The molecule has 0 aliphatic heterocycles. The van der Waals surface area contributed by atoms with Gasteiger partial charge in [0.25, 0.3) is 0 Å². The molecule has 0 radical (unpaired) electrons. The molecule has 0 spiro atoms. The summed E-state index contributed by atoms with van der Waals surface area (Å²) in [4.78, 5) is 0. The fourth-order valence-corrected chi connectivity index (χ4v) is 2.64. The molecule has 0 heterocycles. The van der Waals surface area contributed by atoms with Crippen molar-refractivity contribution in [2.24, 2.45) is 5.73 Å². The van der Waals surface area contributed by atoms with Gasteiger partial charge in [0.2, 0.25) is 0 Å². The lowest BCUT2D eigenvalue weighted by molar-refractivity contribution is 0.599. The highest BCUT2D eigenvalue weighted by atomic mass is 79.9. The highest BCUT2D eigenvalue weighted by Gasteiger charge is 2.16. The predicted molar refractivity (Wildman–Crippen MR) is 84.0 cm³/mol. The van der Waals surface area contributed by atoms with E-state index in [1.54, 1.807) is 6.07 Å². The van der Waals surface area contributed by atoms with Gasteiger partial charge in [-0.2, -0.15) is 0 Å². The van der Waals surface area contributed by atoms with Crippen LogP contribution in [0.3, 0.4) is 0 Å². The van der Waals surface area contributed by atoms with Gasteiger partial charge in [-0.05, 0) is 52.2 Å². The summed E-state index contributed by atoms with van der Waals surface area (Å²) in [6.07, 6.45) is 0. The molecule has 0 aromatic heterocycles. The molecule has 0 bridgehead atoms. The van der Waals surface area contributed by atoms with Crippen molar-refractivity contribution in [3.05, 3.63) is 66.8 Å². The Labute approximate surface area is 133 Å². The van der Waals surface area contributed by atoms with Crippen LogP contribution in [-0.4, -0.2) is 0 Å². The summed E-state index contributed by atoms with van der Waals surface area (Å²) in [7, 11) is 0. The number of aryl methyl sites for hydroxylation is 1. The topological polar surface area (TPSA) is 26.0 Å². The average molecular weight is 408 g/mol. The first-order chi connectivity index (χ1) is 8.90. The van der Waals surface area contributed by atoms with E-state index < -0.39 is 6.04 Å². The molecule has 0 saturated carbocycles. The van der Waals surface area contributed by atoms with E-state index in [-0.39, 0.29) is 5.82 Å². The first-order valence-corrected chi connectivity index (χ1v) is 7.52. The summed E-state index contributed by atoms with van der Waals surface area (Å²) < 4.78 is 15.4. The maximum absolute atomic E-state index is 14.0. The molecule has 1 atom stereocenters. The van der Waals surface area contributed by atoms with Crippen molar-refractivity contribution in [3.8, 4) is 0 Å². The average Bonchev–Trinajstić information content (AvgIpc) is 2.36. The maximum Gasteiger partial charge on any atom is 0.129 e.